The smallest absolute Gasteiger partial charge is 0.328 e. The van der Waals surface area contributed by atoms with Crippen molar-refractivity contribution in [2.75, 3.05) is 13.2 Å². The van der Waals surface area contributed by atoms with Crippen LogP contribution in [-0.2, 0) is 25.5 Å². The molecule has 7 nitrogen and oxygen atoms in total. The van der Waals surface area contributed by atoms with E-state index in [1.807, 2.05) is 60.8 Å². The number of aromatic amines is 1. The maximum atomic E-state index is 12.0. The Morgan fingerprint density at radius 2 is 1.81 bits per heavy atom. The van der Waals surface area contributed by atoms with E-state index < -0.39 is 30.4 Å². The first-order chi connectivity index (χ1) is 15.0. The number of hydrogen-bond donors (Lipinski definition) is 3. The second kappa shape index (κ2) is 10.8. The summed E-state index contributed by atoms with van der Waals surface area (Å²) in [6.07, 6.45) is 5.57. The van der Waals surface area contributed by atoms with Crippen molar-refractivity contribution in [3.05, 3.63) is 78.0 Å². The summed E-state index contributed by atoms with van der Waals surface area (Å²) < 4.78 is 4.99. The van der Waals surface area contributed by atoms with Crippen molar-refractivity contribution in [3.63, 3.8) is 0 Å². The van der Waals surface area contributed by atoms with Crippen LogP contribution in [0.4, 0.5) is 0 Å². The number of rotatable bonds is 9. The molecule has 7 heteroatoms. The maximum absolute atomic E-state index is 12.0. The third-order valence-corrected chi connectivity index (χ3v) is 4.68. The zero-order valence-corrected chi connectivity index (χ0v) is 17.3. The van der Waals surface area contributed by atoms with E-state index in [1.54, 1.807) is 6.08 Å². The molecule has 3 rings (SSSR count). The molecule has 0 aliphatic rings. The lowest BCUT2D eigenvalue weighted by molar-refractivity contribution is -0.150. The van der Waals surface area contributed by atoms with Crippen molar-refractivity contribution >= 4 is 34.8 Å². The van der Waals surface area contributed by atoms with Crippen LogP contribution in [-0.4, -0.2) is 42.0 Å². The number of ether oxygens (including phenoxy) is 1. The zero-order valence-electron chi connectivity index (χ0n) is 17.3. The van der Waals surface area contributed by atoms with Crippen molar-refractivity contribution in [2.24, 2.45) is 0 Å². The quantitative estimate of drug-likeness (QED) is 0.367. The fourth-order valence-corrected chi connectivity index (χ4v) is 3.04. The van der Waals surface area contributed by atoms with E-state index in [2.05, 4.69) is 15.6 Å². The highest BCUT2D eigenvalue weighted by Crippen LogP contribution is 2.17. The van der Waals surface area contributed by atoms with Gasteiger partial charge in [0.15, 0.2) is 6.61 Å². The summed E-state index contributed by atoms with van der Waals surface area (Å²) in [6, 6.07) is 16.4. The van der Waals surface area contributed by atoms with Gasteiger partial charge in [-0.2, -0.15) is 0 Å². The first-order valence-corrected chi connectivity index (χ1v) is 10.0. The molecule has 0 unspecified atom stereocenters. The van der Waals surface area contributed by atoms with Gasteiger partial charge in [0.2, 0.25) is 5.91 Å². The summed E-state index contributed by atoms with van der Waals surface area (Å²) in [6.45, 7) is 1.53. The molecule has 0 fully saturated rings. The molecular weight excluding hydrogens is 394 g/mol. The number of amides is 2. The van der Waals surface area contributed by atoms with E-state index >= 15 is 0 Å². The van der Waals surface area contributed by atoms with Gasteiger partial charge < -0.3 is 20.4 Å². The molecular formula is C24H25N3O4. The van der Waals surface area contributed by atoms with E-state index in [0.29, 0.717) is 13.0 Å². The summed E-state index contributed by atoms with van der Waals surface area (Å²) >= 11 is 0. The fraction of sp³-hybridized carbons (Fsp3) is 0.208. The van der Waals surface area contributed by atoms with Crippen LogP contribution >= 0.6 is 0 Å². The van der Waals surface area contributed by atoms with E-state index in [4.69, 9.17) is 4.74 Å². The number of H-pyrrole nitrogens is 1. The summed E-state index contributed by atoms with van der Waals surface area (Å²) in [7, 11) is 0. The van der Waals surface area contributed by atoms with Crippen LogP contribution < -0.4 is 10.6 Å². The first kappa shape index (κ1) is 21.8. The number of hydrogen-bond acceptors (Lipinski definition) is 4. The van der Waals surface area contributed by atoms with Crippen molar-refractivity contribution in [3.8, 4) is 0 Å². The number of nitrogens with one attached hydrogen (secondary N) is 3. The van der Waals surface area contributed by atoms with E-state index in [-0.39, 0.29) is 0 Å². The Kier molecular flexibility index (Phi) is 7.59. The van der Waals surface area contributed by atoms with Crippen LogP contribution in [0.1, 0.15) is 18.1 Å². The van der Waals surface area contributed by atoms with Gasteiger partial charge in [0, 0.05) is 29.7 Å². The van der Waals surface area contributed by atoms with Gasteiger partial charge in [0.25, 0.3) is 5.91 Å². The number of para-hydroxylation sites is 1. The average Bonchev–Trinajstić information content (AvgIpc) is 3.20. The Hall–Kier alpha value is -3.87. The predicted molar refractivity (Wildman–Crippen MR) is 119 cm³/mol. The highest BCUT2D eigenvalue weighted by Gasteiger charge is 2.17. The Labute approximate surface area is 180 Å². The third kappa shape index (κ3) is 6.57. The second-order valence-corrected chi connectivity index (χ2v) is 7.04. The number of benzene rings is 2. The van der Waals surface area contributed by atoms with Crippen molar-refractivity contribution in [2.45, 2.75) is 19.4 Å². The summed E-state index contributed by atoms with van der Waals surface area (Å²) in [5.41, 5.74) is 3.03. The number of fused-ring (bicyclic) bond motifs is 1. The molecule has 3 N–H and O–H groups in total. The number of carbonyl (C=O) groups excluding carboxylic acids is 3. The van der Waals surface area contributed by atoms with E-state index in [0.717, 1.165) is 22.0 Å². The van der Waals surface area contributed by atoms with Crippen molar-refractivity contribution in [1.82, 2.24) is 15.6 Å². The Morgan fingerprint density at radius 1 is 1.06 bits per heavy atom. The van der Waals surface area contributed by atoms with Crippen LogP contribution in [0.2, 0.25) is 0 Å². The first-order valence-electron chi connectivity index (χ1n) is 10.0. The van der Waals surface area contributed by atoms with E-state index in [1.165, 1.54) is 13.0 Å². The summed E-state index contributed by atoms with van der Waals surface area (Å²) in [4.78, 5) is 39.1. The lowest BCUT2D eigenvalue weighted by Crippen LogP contribution is -2.40. The predicted octanol–water partition coefficient (Wildman–Crippen LogP) is 2.59. The molecule has 0 radical (unpaired) electrons. The average molecular weight is 419 g/mol. The molecule has 160 valence electrons. The van der Waals surface area contributed by atoms with Crippen molar-refractivity contribution in [1.29, 1.82) is 0 Å². The Balaban J connectivity index is 1.35. The van der Waals surface area contributed by atoms with Gasteiger partial charge >= 0.3 is 5.97 Å². The lowest BCUT2D eigenvalue weighted by Gasteiger charge is -2.12. The normalized spacial score (nSPS) is 11.9. The summed E-state index contributed by atoms with van der Waals surface area (Å²) in [5.74, 6) is -1.49. The van der Waals surface area contributed by atoms with Gasteiger partial charge in [-0.3, -0.25) is 9.59 Å². The molecule has 0 saturated heterocycles. The fourth-order valence-electron chi connectivity index (χ4n) is 3.04. The molecule has 3 aromatic rings. The molecule has 1 heterocycles. The zero-order chi connectivity index (χ0) is 22.1. The highest BCUT2D eigenvalue weighted by molar-refractivity contribution is 5.94. The monoisotopic (exact) mass is 419 g/mol. The van der Waals surface area contributed by atoms with Gasteiger partial charge in [-0.05, 0) is 36.6 Å². The number of carbonyl (C=O) groups is 3. The minimum absolute atomic E-state index is 0.393. The van der Waals surface area contributed by atoms with E-state index in [9.17, 15) is 14.4 Å². The lowest BCUT2D eigenvalue weighted by atomic mass is 10.1. The molecule has 31 heavy (non-hydrogen) atoms. The molecule has 0 spiro atoms. The largest absolute Gasteiger partial charge is 0.454 e. The Bertz CT molecular complexity index is 1070. The second-order valence-electron chi connectivity index (χ2n) is 7.04. The molecule has 0 bridgehead atoms. The molecule has 1 aromatic heterocycles. The number of aromatic nitrogens is 1. The SMILES string of the molecule is C[C@H](NC(=O)/C=C/c1ccccc1)C(=O)OCC(=O)NCCc1c[nH]c2ccccc12. The minimum Gasteiger partial charge on any atom is -0.454 e. The van der Waals surface area contributed by atoms with Gasteiger partial charge in [-0.1, -0.05) is 48.5 Å². The molecule has 2 amide bonds. The molecule has 0 saturated carbocycles. The van der Waals surface area contributed by atoms with Gasteiger partial charge in [-0.25, -0.2) is 4.79 Å². The molecule has 2 aromatic carbocycles. The van der Waals surface area contributed by atoms with Crippen LogP contribution in [0, 0.1) is 0 Å². The summed E-state index contributed by atoms with van der Waals surface area (Å²) in [5, 5.41) is 6.37. The molecule has 0 aliphatic carbocycles. The number of esters is 1. The Morgan fingerprint density at radius 3 is 2.61 bits per heavy atom. The van der Waals surface area contributed by atoms with Gasteiger partial charge in [0.05, 0.1) is 0 Å². The molecule has 0 aliphatic heterocycles. The van der Waals surface area contributed by atoms with Crippen LogP contribution in [0.5, 0.6) is 0 Å². The highest BCUT2D eigenvalue weighted by atomic mass is 16.5. The van der Waals surface area contributed by atoms with Crippen LogP contribution in [0.15, 0.2) is 66.9 Å². The van der Waals surface area contributed by atoms with Gasteiger partial charge in [0.1, 0.15) is 6.04 Å². The van der Waals surface area contributed by atoms with Crippen LogP contribution in [0.25, 0.3) is 17.0 Å². The topological polar surface area (TPSA) is 100 Å². The third-order valence-electron chi connectivity index (χ3n) is 4.68. The molecule has 1 atom stereocenters. The minimum atomic E-state index is -0.869. The standard InChI is InChI=1S/C24H25N3O4/c1-17(27-22(28)12-11-18-7-3-2-4-8-18)24(30)31-16-23(29)25-14-13-19-15-26-21-10-6-5-9-20(19)21/h2-12,15,17,26H,13-14,16H2,1H3,(H,25,29)(H,27,28)/b12-11+/t17-/m0/s1. The van der Waals surface area contributed by atoms with Gasteiger partial charge in [-0.15, -0.1) is 0 Å². The van der Waals surface area contributed by atoms with Crippen LogP contribution in [0.3, 0.4) is 0 Å². The maximum Gasteiger partial charge on any atom is 0.328 e. The van der Waals surface area contributed by atoms with Crippen molar-refractivity contribution < 1.29 is 19.1 Å².